The standard InChI is InChI=1S/C20H22O4/c1-3-5-6-7-12-24-20(22)17-13-15-9-8-10-19(23-11-4-2)16(15)14-18(17)21/h2,8-10,13-14,21H,3,5-7,11-12H2,1H3. The molecule has 24 heavy (non-hydrogen) atoms. The van der Waals surface area contributed by atoms with E-state index in [4.69, 9.17) is 15.9 Å². The highest BCUT2D eigenvalue weighted by Crippen LogP contribution is 2.32. The molecule has 0 saturated carbocycles. The third kappa shape index (κ3) is 4.42. The van der Waals surface area contributed by atoms with Crippen LogP contribution in [0, 0.1) is 12.3 Å². The van der Waals surface area contributed by atoms with Gasteiger partial charge in [0.1, 0.15) is 23.7 Å². The summed E-state index contributed by atoms with van der Waals surface area (Å²) >= 11 is 0. The van der Waals surface area contributed by atoms with Gasteiger partial charge in [-0.3, -0.25) is 0 Å². The molecule has 0 saturated heterocycles. The summed E-state index contributed by atoms with van der Waals surface area (Å²) in [6, 6.07) is 8.54. The number of fused-ring (bicyclic) bond motifs is 1. The summed E-state index contributed by atoms with van der Waals surface area (Å²) in [5.41, 5.74) is 0.159. The van der Waals surface area contributed by atoms with Crippen LogP contribution in [0.2, 0.25) is 0 Å². The third-order valence-corrected chi connectivity index (χ3v) is 3.72. The molecule has 4 heteroatoms. The molecular weight excluding hydrogens is 304 g/mol. The number of hydrogen-bond donors (Lipinski definition) is 1. The van der Waals surface area contributed by atoms with Crippen molar-refractivity contribution in [2.75, 3.05) is 13.2 Å². The molecule has 1 N–H and O–H groups in total. The maximum Gasteiger partial charge on any atom is 0.341 e. The summed E-state index contributed by atoms with van der Waals surface area (Å²) < 4.78 is 10.7. The van der Waals surface area contributed by atoms with E-state index in [0.717, 1.165) is 31.1 Å². The van der Waals surface area contributed by atoms with Gasteiger partial charge in [-0.2, -0.15) is 0 Å². The number of phenolic OH excluding ortho intramolecular Hbond substituents is 1. The fraction of sp³-hybridized carbons (Fsp3) is 0.350. The van der Waals surface area contributed by atoms with E-state index in [1.54, 1.807) is 12.1 Å². The van der Waals surface area contributed by atoms with Crippen LogP contribution in [0.15, 0.2) is 30.3 Å². The average molecular weight is 326 g/mol. The lowest BCUT2D eigenvalue weighted by Gasteiger charge is -2.10. The molecule has 4 nitrogen and oxygen atoms in total. The number of unbranched alkanes of at least 4 members (excludes halogenated alkanes) is 3. The summed E-state index contributed by atoms with van der Waals surface area (Å²) in [6.45, 7) is 2.63. The van der Waals surface area contributed by atoms with Crippen LogP contribution in [0.25, 0.3) is 10.8 Å². The van der Waals surface area contributed by atoms with Crippen LogP contribution in [0.5, 0.6) is 11.5 Å². The van der Waals surface area contributed by atoms with Gasteiger partial charge in [-0.05, 0) is 30.0 Å². The Morgan fingerprint density at radius 2 is 2.08 bits per heavy atom. The van der Waals surface area contributed by atoms with Gasteiger partial charge < -0.3 is 14.6 Å². The van der Waals surface area contributed by atoms with Gasteiger partial charge in [0, 0.05) is 5.39 Å². The van der Waals surface area contributed by atoms with Gasteiger partial charge in [0.05, 0.1) is 6.61 Å². The summed E-state index contributed by atoms with van der Waals surface area (Å²) in [5.74, 6) is 2.33. The Bertz CT molecular complexity index is 743. The number of terminal acetylenes is 1. The molecule has 0 aliphatic carbocycles. The zero-order valence-corrected chi connectivity index (χ0v) is 13.9. The third-order valence-electron chi connectivity index (χ3n) is 3.72. The second-order valence-corrected chi connectivity index (χ2v) is 5.54. The second-order valence-electron chi connectivity index (χ2n) is 5.54. The highest BCUT2D eigenvalue weighted by Gasteiger charge is 2.15. The van der Waals surface area contributed by atoms with E-state index in [0.29, 0.717) is 17.7 Å². The van der Waals surface area contributed by atoms with Crippen molar-refractivity contribution in [3.8, 4) is 23.8 Å². The number of phenols is 1. The van der Waals surface area contributed by atoms with Crippen molar-refractivity contribution < 1.29 is 19.4 Å². The Hall–Kier alpha value is -2.67. The number of rotatable bonds is 8. The van der Waals surface area contributed by atoms with Crippen molar-refractivity contribution in [1.82, 2.24) is 0 Å². The number of carbonyl (C=O) groups is 1. The number of ether oxygens (including phenoxy) is 2. The van der Waals surface area contributed by atoms with Crippen LogP contribution >= 0.6 is 0 Å². The number of hydrogen-bond acceptors (Lipinski definition) is 4. The van der Waals surface area contributed by atoms with Crippen molar-refractivity contribution >= 4 is 16.7 Å². The smallest absolute Gasteiger partial charge is 0.341 e. The van der Waals surface area contributed by atoms with Crippen LogP contribution in [-0.2, 0) is 4.74 Å². The summed E-state index contributed by atoms with van der Waals surface area (Å²) in [5, 5.41) is 11.6. The van der Waals surface area contributed by atoms with Gasteiger partial charge in [0.2, 0.25) is 0 Å². The first-order valence-corrected chi connectivity index (χ1v) is 8.16. The minimum atomic E-state index is -0.513. The van der Waals surface area contributed by atoms with Crippen LogP contribution < -0.4 is 4.74 Å². The molecule has 0 radical (unpaired) electrons. The van der Waals surface area contributed by atoms with Crippen molar-refractivity contribution in [3.05, 3.63) is 35.9 Å². The highest BCUT2D eigenvalue weighted by molar-refractivity contribution is 6.00. The zero-order valence-electron chi connectivity index (χ0n) is 13.9. The topological polar surface area (TPSA) is 55.8 Å². The minimum absolute atomic E-state index is 0.127. The Morgan fingerprint density at radius 3 is 2.83 bits per heavy atom. The van der Waals surface area contributed by atoms with Gasteiger partial charge >= 0.3 is 5.97 Å². The number of carbonyl (C=O) groups excluding carboxylic acids is 1. The normalized spacial score (nSPS) is 10.3. The molecule has 0 heterocycles. The minimum Gasteiger partial charge on any atom is -0.507 e. The van der Waals surface area contributed by atoms with Gasteiger partial charge in [0.25, 0.3) is 0 Å². The second kappa shape index (κ2) is 8.83. The molecule has 0 unspecified atom stereocenters. The molecule has 0 aliphatic rings. The molecule has 126 valence electrons. The lowest BCUT2D eigenvalue weighted by atomic mass is 10.0. The Labute approximate surface area is 142 Å². The molecule has 0 spiro atoms. The molecule has 0 atom stereocenters. The average Bonchev–Trinajstić information content (AvgIpc) is 2.59. The predicted molar refractivity (Wildman–Crippen MR) is 94.4 cm³/mol. The van der Waals surface area contributed by atoms with Crippen molar-refractivity contribution in [1.29, 1.82) is 0 Å². The number of esters is 1. The van der Waals surface area contributed by atoms with E-state index in [1.807, 2.05) is 12.1 Å². The SMILES string of the molecule is C#CCOc1cccc2cc(C(=O)OCCCCCC)c(O)cc12. The van der Waals surface area contributed by atoms with Gasteiger partial charge in [-0.25, -0.2) is 4.79 Å². The lowest BCUT2D eigenvalue weighted by Crippen LogP contribution is -2.07. The van der Waals surface area contributed by atoms with Crippen LogP contribution in [0.4, 0.5) is 0 Å². The van der Waals surface area contributed by atoms with E-state index >= 15 is 0 Å². The van der Waals surface area contributed by atoms with E-state index in [1.165, 1.54) is 6.07 Å². The molecule has 2 aromatic carbocycles. The van der Waals surface area contributed by atoms with Gasteiger partial charge in [-0.1, -0.05) is 44.2 Å². The van der Waals surface area contributed by atoms with Gasteiger partial charge in [0.15, 0.2) is 0 Å². The fourth-order valence-corrected chi connectivity index (χ4v) is 2.47. The van der Waals surface area contributed by atoms with Gasteiger partial charge in [-0.15, -0.1) is 6.42 Å². The summed E-state index contributed by atoms with van der Waals surface area (Å²) in [7, 11) is 0. The van der Waals surface area contributed by atoms with E-state index in [9.17, 15) is 9.90 Å². The van der Waals surface area contributed by atoms with E-state index in [-0.39, 0.29) is 17.9 Å². The molecular formula is C20H22O4. The summed E-state index contributed by atoms with van der Waals surface area (Å²) in [6.07, 6.45) is 9.32. The van der Waals surface area contributed by atoms with Crippen LogP contribution in [-0.4, -0.2) is 24.3 Å². The number of aromatic hydroxyl groups is 1. The molecule has 0 fully saturated rings. The first-order valence-electron chi connectivity index (χ1n) is 8.16. The Balaban J connectivity index is 2.15. The molecule has 0 aliphatic heterocycles. The quantitative estimate of drug-likeness (QED) is 0.446. The van der Waals surface area contributed by atoms with Crippen molar-refractivity contribution in [2.24, 2.45) is 0 Å². The maximum absolute atomic E-state index is 12.2. The highest BCUT2D eigenvalue weighted by atomic mass is 16.5. The van der Waals surface area contributed by atoms with Crippen LogP contribution in [0.3, 0.4) is 0 Å². The first kappa shape index (κ1) is 17.7. The Morgan fingerprint density at radius 1 is 1.25 bits per heavy atom. The van der Waals surface area contributed by atoms with E-state index < -0.39 is 5.97 Å². The molecule has 0 aromatic heterocycles. The zero-order chi connectivity index (χ0) is 17.4. The molecule has 0 amide bonds. The molecule has 0 bridgehead atoms. The Kier molecular flexibility index (Phi) is 6.51. The lowest BCUT2D eigenvalue weighted by molar-refractivity contribution is 0.0495. The molecule has 2 aromatic rings. The van der Waals surface area contributed by atoms with E-state index in [2.05, 4.69) is 12.8 Å². The monoisotopic (exact) mass is 326 g/mol. The fourth-order valence-electron chi connectivity index (χ4n) is 2.47. The van der Waals surface area contributed by atoms with Crippen molar-refractivity contribution in [3.63, 3.8) is 0 Å². The summed E-state index contributed by atoms with van der Waals surface area (Å²) in [4.78, 5) is 12.2. The largest absolute Gasteiger partial charge is 0.507 e. The first-order chi connectivity index (χ1) is 11.7. The number of benzene rings is 2. The van der Waals surface area contributed by atoms with Crippen LogP contribution in [0.1, 0.15) is 43.0 Å². The predicted octanol–water partition coefficient (Wildman–Crippen LogP) is 4.29. The van der Waals surface area contributed by atoms with Crippen molar-refractivity contribution in [2.45, 2.75) is 32.6 Å². The molecule has 2 rings (SSSR count). The maximum atomic E-state index is 12.2.